The Balaban J connectivity index is 1.75. The molecule has 176 valence electrons. The van der Waals surface area contributed by atoms with Crippen LogP contribution in [0.25, 0.3) is 16.0 Å². The number of aromatic hydroxyl groups is 1. The van der Waals surface area contributed by atoms with Crippen LogP contribution in [-0.2, 0) is 9.59 Å². The Bertz CT molecular complexity index is 1530. The van der Waals surface area contributed by atoms with Crippen LogP contribution in [0.15, 0.2) is 66.2 Å². The predicted octanol–water partition coefficient (Wildman–Crippen LogP) is 5.43. The molecule has 1 aliphatic rings. The van der Waals surface area contributed by atoms with Crippen LogP contribution >= 0.6 is 22.9 Å². The maximum atomic E-state index is 13.5. The molecule has 5 rings (SSSR count). The summed E-state index contributed by atoms with van der Waals surface area (Å²) in [5.41, 5.74) is 0.930. The zero-order valence-corrected chi connectivity index (χ0v) is 19.6. The Morgan fingerprint density at radius 1 is 1.11 bits per heavy atom. The summed E-state index contributed by atoms with van der Waals surface area (Å²) < 4.78 is 19.4. The first-order valence-corrected chi connectivity index (χ1v) is 11.5. The van der Waals surface area contributed by atoms with Crippen molar-refractivity contribution < 1.29 is 28.9 Å². The molecule has 35 heavy (non-hydrogen) atoms. The van der Waals surface area contributed by atoms with E-state index in [4.69, 9.17) is 16.3 Å². The summed E-state index contributed by atoms with van der Waals surface area (Å²) in [5.74, 6) is -2.83. The number of amides is 1. The Morgan fingerprint density at radius 2 is 1.86 bits per heavy atom. The third-order valence-electron chi connectivity index (χ3n) is 5.63. The lowest BCUT2D eigenvalue weighted by Crippen LogP contribution is -2.29. The molecule has 10 heteroatoms. The van der Waals surface area contributed by atoms with E-state index in [9.17, 15) is 24.2 Å². The third kappa shape index (κ3) is 3.88. The molecule has 3 aromatic carbocycles. The fraction of sp³-hybridized carbons (Fsp3) is 0.0800. The summed E-state index contributed by atoms with van der Waals surface area (Å²) in [6.45, 7) is 0. The highest BCUT2D eigenvalue weighted by molar-refractivity contribution is 7.22. The van der Waals surface area contributed by atoms with Crippen molar-refractivity contribution in [1.29, 1.82) is 0 Å². The van der Waals surface area contributed by atoms with E-state index in [1.54, 1.807) is 18.2 Å². The molecular weight excluding hydrogens is 495 g/mol. The van der Waals surface area contributed by atoms with Crippen LogP contribution in [0.4, 0.5) is 9.52 Å². The number of phenols is 1. The number of ether oxygens (including phenoxy) is 1. The number of carbonyl (C=O) groups is 2. The van der Waals surface area contributed by atoms with E-state index in [2.05, 4.69) is 4.98 Å². The second kappa shape index (κ2) is 8.68. The van der Waals surface area contributed by atoms with Gasteiger partial charge in [-0.2, -0.15) is 0 Å². The highest BCUT2D eigenvalue weighted by Gasteiger charge is 2.48. The topological polar surface area (TPSA) is 100.0 Å². The number of hydrogen-bond acceptors (Lipinski definition) is 7. The van der Waals surface area contributed by atoms with E-state index in [0.29, 0.717) is 20.8 Å². The average Bonchev–Trinajstić information content (AvgIpc) is 3.37. The zero-order chi connectivity index (χ0) is 24.9. The van der Waals surface area contributed by atoms with Gasteiger partial charge in [-0.25, -0.2) is 9.37 Å². The van der Waals surface area contributed by atoms with Crippen molar-refractivity contribution in [3.05, 3.63) is 88.2 Å². The van der Waals surface area contributed by atoms with Crippen molar-refractivity contribution in [2.45, 2.75) is 6.04 Å². The van der Waals surface area contributed by atoms with E-state index in [1.165, 1.54) is 42.3 Å². The van der Waals surface area contributed by atoms with Gasteiger partial charge in [-0.1, -0.05) is 29.0 Å². The largest absolute Gasteiger partial charge is 0.507 e. The minimum atomic E-state index is -1.09. The number of anilines is 1. The summed E-state index contributed by atoms with van der Waals surface area (Å²) in [6, 6.07) is 13.2. The second-order valence-electron chi connectivity index (χ2n) is 7.72. The van der Waals surface area contributed by atoms with Crippen LogP contribution in [0.1, 0.15) is 17.2 Å². The smallest absolute Gasteiger partial charge is 0.301 e. The number of aliphatic hydroxyl groups excluding tert-OH is 1. The molecule has 1 amide bonds. The first kappa shape index (κ1) is 22.8. The molecule has 0 aliphatic carbocycles. The molecule has 1 unspecified atom stereocenters. The van der Waals surface area contributed by atoms with Gasteiger partial charge in [0.1, 0.15) is 11.6 Å². The maximum absolute atomic E-state index is 13.5. The molecule has 2 N–H and O–H groups in total. The highest BCUT2D eigenvalue weighted by atomic mass is 35.5. The Labute approximate surface area is 207 Å². The van der Waals surface area contributed by atoms with Gasteiger partial charge < -0.3 is 14.9 Å². The number of fused-ring (bicyclic) bond motifs is 1. The van der Waals surface area contributed by atoms with Crippen LogP contribution in [0, 0.1) is 5.82 Å². The van der Waals surface area contributed by atoms with Gasteiger partial charge >= 0.3 is 5.91 Å². The number of aromatic nitrogens is 1. The van der Waals surface area contributed by atoms with Gasteiger partial charge in [0.2, 0.25) is 0 Å². The number of carbonyl (C=O) groups excluding carboxylic acids is 2. The van der Waals surface area contributed by atoms with Gasteiger partial charge in [0.25, 0.3) is 5.78 Å². The molecule has 1 aliphatic heterocycles. The highest BCUT2D eigenvalue weighted by Crippen LogP contribution is 2.45. The fourth-order valence-corrected chi connectivity index (χ4v) is 5.23. The molecular formula is C25H16ClFN2O5S. The van der Waals surface area contributed by atoms with Gasteiger partial charge in [0, 0.05) is 10.6 Å². The number of hydrogen-bond donors (Lipinski definition) is 2. The first-order valence-electron chi connectivity index (χ1n) is 10.3. The molecule has 0 bridgehead atoms. The molecule has 1 saturated heterocycles. The summed E-state index contributed by atoms with van der Waals surface area (Å²) in [5, 5.41) is 21.9. The number of phenolic OH excluding ortho intramolecular Hbond substituents is 1. The van der Waals surface area contributed by atoms with Crippen molar-refractivity contribution in [2.24, 2.45) is 0 Å². The molecule has 4 aromatic rings. The number of rotatable bonds is 4. The fourth-order valence-electron chi connectivity index (χ4n) is 3.96. The summed E-state index contributed by atoms with van der Waals surface area (Å²) >= 11 is 7.26. The summed E-state index contributed by atoms with van der Waals surface area (Å²) in [6.07, 6.45) is 0. The lowest BCUT2D eigenvalue weighted by Gasteiger charge is -2.23. The van der Waals surface area contributed by atoms with Crippen LogP contribution in [0.3, 0.4) is 0 Å². The van der Waals surface area contributed by atoms with Crippen LogP contribution in [-0.4, -0.2) is 34.0 Å². The second-order valence-corrected chi connectivity index (χ2v) is 9.16. The predicted molar refractivity (Wildman–Crippen MR) is 130 cm³/mol. The normalized spacial score (nSPS) is 17.3. The molecule has 7 nitrogen and oxygen atoms in total. The van der Waals surface area contributed by atoms with E-state index in [0.717, 1.165) is 23.5 Å². The summed E-state index contributed by atoms with van der Waals surface area (Å²) in [7, 11) is 1.37. The van der Waals surface area contributed by atoms with Gasteiger partial charge in [-0.3, -0.25) is 14.5 Å². The van der Waals surface area contributed by atoms with E-state index in [-0.39, 0.29) is 27.8 Å². The van der Waals surface area contributed by atoms with Crippen molar-refractivity contribution in [2.75, 3.05) is 12.0 Å². The van der Waals surface area contributed by atoms with Crippen molar-refractivity contribution in [1.82, 2.24) is 4.98 Å². The number of ketones is 1. The third-order valence-corrected chi connectivity index (χ3v) is 6.88. The number of Topliss-reactive ketones (excluding diaryl/α,β-unsaturated/α-hetero) is 1. The van der Waals surface area contributed by atoms with Crippen LogP contribution in [0.5, 0.6) is 11.5 Å². The number of methoxy groups -OCH3 is 1. The lowest BCUT2D eigenvalue weighted by atomic mass is 9.95. The Morgan fingerprint density at radius 3 is 2.57 bits per heavy atom. The Hall–Kier alpha value is -3.95. The number of benzene rings is 3. The minimum absolute atomic E-state index is 0.117. The number of nitrogens with zero attached hydrogens (tertiary/aromatic N) is 2. The van der Waals surface area contributed by atoms with Crippen LogP contribution < -0.4 is 9.64 Å². The summed E-state index contributed by atoms with van der Waals surface area (Å²) in [4.78, 5) is 32.2. The average molecular weight is 511 g/mol. The minimum Gasteiger partial charge on any atom is -0.507 e. The SMILES string of the molecule is COc1cc(C2C(=C(O)c3ccc(F)cc3)C(=O)C(=O)N2c2nc3ccc(Cl)cc3s2)ccc1O. The van der Waals surface area contributed by atoms with E-state index in [1.807, 2.05) is 0 Å². The van der Waals surface area contributed by atoms with Gasteiger partial charge in [-0.05, 0) is 60.2 Å². The Kier molecular flexibility index (Phi) is 5.66. The monoisotopic (exact) mass is 510 g/mol. The van der Waals surface area contributed by atoms with E-state index >= 15 is 0 Å². The molecule has 1 aromatic heterocycles. The lowest BCUT2D eigenvalue weighted by molar-refractivity contribution is -0.132. The number of halogens is 2. The molecule has 0 saturated carbocycles. The first-order chi connectivity index (χ1) is 16.8. The van der Waals surface area contributed by atoms with Crippen molar-refractivity contribution >= 4 is 55.7 Å². The van der Waals surface area contributed by atoms with Gasteiger partial charge in [0.05, 0.1) is 28.9 Å². The standard InChI is InChI=1S/C25H16ClFN2O5S/c1-34-18-10-13(4-9-17(18)30)21-20(22(31)12-2-6-15(27)7-3-12)23(32)24(33)29(21)25-28-16-8-5-14(26)11-19(16)35-25/h2-11,21,30-31H,1H3. The molecule has 0 spiro atoms. The zero-order valence-electron chi connectivity index (χ0n) is 18.0. The van der Waals surface area contributed by atoms with Crippen molar-refractivity contribution in [3.63, 3.8) is 0 Å². The molecule has 1 atom stereocenters. The van der Waals surface area contributed by atoms with E-state index < -0.39 is 29.3 Å². The van der Waals surface area contributed by atoms with Crippen LogP contribution in [0.2, 0.25) is 5.02 Å². The van der Waals surface area contributed by atoms with Gasteiger partial charge in [0.15, 0.2) is 16.6 Å². The number of aliphatic hydroxyl groups is 1. The molecule has 0 radical (unpaired) electrons. The van der Waals surface area contributed by atoms with Gasteiger partial charge in [-0.15, -0.1) is 0 Å². The quantitative estimate of drug-likeness (QED) is 0.216. The van der Waals surface area contributed by atoms with Crippen molar-refractivity contribution in [3.8, 4) is 11.5 Å². The number of thiazole rings is 1. The molecule has 2 heterocycles. The maximum Gasteiger partial charge on any atom is 0.301 e. The molecule has 1 fully saturated rings.